The second-order valence-electron chi connectivity index (χ2n) is 6.68. The number of halogens is 4. The number of benzene rings is 1. The largest absolute Gasteiger partial charge is 0.481 e. The Bertz CT molecular complexity index is 1150. The molecule has 0 aliphatic carbocycles. The van der Waals surface area contributed by atoms with Gasteiger partial charge in [-0.05, 0) is 31.0 Å². The highest BCUT2D eigenvalue weighted by atomic mass is 32.2. The molecule has 178 valence electrons. The molecular weight excluding hydrogens is 462 g/mol. The van der Waals surface area contributed by atoms with Gasteiger partial charge in [0.05, 0.1) is 18.9 Å². The number of H-pyrrole nitrogens is 1. The van der Waals surface area contributed by atoms with Crippen molar-refractivity contribution in [3.8, 4) is 5.75 Å². The molecule has 1 heterocycles. The van der Waals surface area contributed by atoms with Crippen molar-refractivity contribution >= 4 is 10.0 Å². The Morgan fingerprint density at radius 2 is 1.91 bits per heavy atom. The molecule has 0 spiro atoms. The molecule has 0 amide bonds. The molecule has 14 heteroatoms. The third-order valence-corrected chi connectivity index (χ3v) is 6.12. The average Bonchev–Trinajstić information content (AvgIpc) is 2.68. The van der Waals surface area contributed by atoms with Crippen LogP contribution in [0.3, 0.4) is 0 Å². The summed E-state index contributed by atoms with van der Waals surface area (Å²) >= 11 is 0. The Morgan fingerprint density at radius 1 is 1.22 bits per heavy atom. The van der Waals surface area contributed by atoms with Crippen molar-refractivity contribution in [2.45, 2.75) is 32.1 Å². The SMILES string of the molecule is CON([C@H](C)c1ccc(F)c(OCC(F)(F)F)c1)S(=O)(=O)CCCn1ccc(=O)[nH]c1=O. The van der Waals surface area contributed by atoms with Crippen LogP contribution in [0.5, 0.6) is 5.75 Å². The van der Waals surface area contributed by atoms with E-state index in [0.717, 1.165) is 29.9 Å². The van der Waals surface area contributed by atoms with Crippen LogP contribution in [0.4, 0.5) is 17.6 Å². The van der Waals surface area contributed by atoms with E-state index in [2.05, 4.69) is 4.74 Å². The molecule has 2 aromatic rings. The Kier molecular flexibility index (Phi) is 8.20. The summed E-state index contributed by atoms with van der Waals surface area (Å²) in [4.78, 5) is 29.8. The number of nitrogens with zero attached hydrogens (tertiary/aromatic N) is 2. The lowest BCUT2D eigenvalue weighted by Gasteiger charge is -2.26. The number of ether oxygens (including phenoxy) is 1. The van der Waals surface area contributed by atoms with E-state index in [9.17, 15) is 35.6 Å². The molecule has 0 saturated heterocycles. The maximum Gasteiger partial charge on any atom is 0.422 e. The quantitative estimate of drug-likeness (QED) is 0.409. The first-order valence-corrected chi connectivity index (χ1v) is 10.8. The molecule has 0 unspecified atom stereocenters. The van der Waals surface area contributed by atoms with Gasteiger partial charge in [-0.15, -0.1) is 0 Å². The summed E-state index contributed by atoms with van der Waals surface area (Å²) in [7, 11) is -2.97. The lowest BCUT2D eigenvalue weighted by molar-refractivity contribution is -0.153. The molecule has 32 heavy (non-hydrogen) atoms. The minimum Gasteiger partial charge on any atom is -0.481 e. The standard InChI is InChI=1S/C18H21F4N3O6S/c1-12(13-4-5-14(19)15(10-13)31-11-18(20,21)22)25(30-2)32(28,29)9-3-7-24-8-6-16(26)23-17(24)27/h4-6,8,10,12H,3,7,9,11H2,1-2H3,(H,23,26,27)/t12-/m1/s1. The van der Waals surface area contributed by atoms with Crippen LogP contribution >= 0.6 is 0 Å². The number of hydroxylamine groups is 1. The molecule has 1 aromatic carbocycles. The van der Waals surface area contributed by atoms with Crippen molar-refractivity contribution in [2.24, 2.45) is 0 Å². The number of rotatable bonds is 10. The molecule has 0 bridgehead atoms. The number of aromatic amines is 1. The van der Waals surface area contributed by atoms with E-state index in [1.807, 2.05) is 4.98 Å². The Labute approximate surface area is 180 Å². The lowest BCUT2D eigenvalue weighted by Crippen LogP contribution is -2.35. The topological polar surface area (TPSA) is 111 Å². The predicted octanol–water partition coefficient (Wildman–Crippen LogP) is 1.96. The van der Waals surface area contributed by atoms with Gasteiger partial charge >= 0.3 is 11.9 Å². The Balaban J connectivity index is 2.13. The van der Waals surface area contributed by atoms with Crippen molar-refractivity contribution < 1.29 is 35.6 Å². The fourth-order valence-corrected chi connectivity index (χ4v) is 4.32. The van der Waals surface area contributed by atoms with Crippen LogP contribution in [0.2, 0.25) is 0 Å². The summed E-state index contributed by atoms with van der Waals surface area (Å²) in [6.07, 6.45) is -3.46. The smallest absolute Gasteiger partial charge is 0.422 e. The van der Waals surface area contributed by atoms with E-state index in [4.69, 9.17) is 4.84 Å². The Morgan fingerprint density at radius 3 is 2.50 bits per heavy atom. The molecule has 1 atom stereocenters. The highest BCUT2D eigenvalue weighted by Gasteiger charge is 2.31. The first-order chi connectivity index (χ1) is 14.8. The third kappa shape index (κ3) is 6.90. The van der Waals surface area contributed by atoms with Crippen LogP contribution < -0.4 is 16.0 Å². The maximum absolute atomic E-state index is 13.8. The third-order valence-electron chi connectivity index (χ3n) is 4.30. The van der Waals surface area contributed by atoms with Gasteiger partial charge < -0.3 is 9.30 Å². The minimum atomic E-state index is -4.68. The molecular formula is C18H21F4N3O6S. The summed E-state index contributed by atoms with van der Waals surface area (Å²) in [6.45, 7) is -0.320. The summed E-state index contributed by atoms with van der Waals surface area (Å²) in [6, 6.07) is 3.11. The van der Waals surface area contributed by atoms with E-state index >= 15 is 0 Å². The first-order valence-electron chi connectivity index (χ1n) is 9.19. The summed E-state index contributed by atoms with van der Waals surface area (Å²) in [5, 5.41) is 0. The van der Waals surface area contributed by atoms with Crippen LogP contribution in [0.15, 0.2) is 40.1 Å². The summed E-state index contributed by atoms with van der Waals surface area (Å²) in [5.41, 5.74) is -1.15. The van der Waals surface area contributed by atoms with Gasteiger partial charge in [0.2, 0.25) is 10.0 Å². The predicted molar refractivity (Wildman–Crippen MR) is 105 cm³/mol. The number of alkyl halides is 3. The van der Waals surface area contributed by atoms with E-state index < -0.39 is 57.4 Å². The highest BCUT2D eigenvalue weighted by Crippen LogP contribution is 2.29. The number of aromatic nitrogens is 2. The normalized spacial score (nSPS) is 13.3. The van der Waals surface area contributed by atoms with Gasteiger partial charge in [0.1, 0.15) is 0 Å². The highest BCUT2D eigenvalue weighted by molar-refractivity contribution is 7.88. The van der Waals surface area contributed by atoms with E-state index in [-0.39, 0.29) is 18.5 Å². The first kappa shape index (κ1) is 25.5. The van der Waals surface area contributed by atoms with Crippen molar-refractivity contribution in [3.63, 3.8) is 0 Å². The molecule has 9 nitrogen and oxygen atoms in total. The lowest BCUT2D eigenvalue weighted by atomic mass is 10.1. The van der Waals surface area contributed by atoms with Gasteiger partial charge in [-0.2, -0.15) is 13.2 Å². The number of sulfonamides is 1. The number of aryl methyl sites for hydroxylation is 1. The van der Waals surface area contributed by atoms with E-state index in [1.165, 1.54) is 19.2 Å². The molecule has 1 N–H and O–H groups in total. The molecule has 0 aliphatic heterocycles. The van der Waals surface area contributed by atoms with Crippen molar-refractivity contribution in [2.75, 3.05) is 19.5 Å². The van der Waals surface area contributed by atoms with Crippen LogP contribution in [0.25, 0.3) is 0 Å². The second-order valence-corrected chi connectivity index (χ2v) is 8.61. The summed E-state index contributed by atoms with van der Waals surface area (Å²) in [5.74, 6) is -2.17. The van der Waals surface area contributed by atoms with Crippen LogP contribution in [0, 0.1) is 5.82 Å². The van der Waals surface area contributed by atoms with Crippen LogP contribution in [-0.4, -0.2) is 48.1 Å². The van der Waals surface area contributed by atoms with Gasteiger partial charge in [-0.25, -0.2) is 17.6 Å². The van der Waals surface area contributed by atoms with Gasteiger partial charge in [-0.3, -0.25) is 14.6 Å². The Hall–Kier alpha value is -2.71. The fourth-order valence-electron chi connectivity index (χ4n) is 2.81. The van der Waals surface area contributed by atoms with E-state index in [0.29, 0.717) is 4.47 Å². The van der Waals surface area contributed by atoms with Gasteiger partial charge in [0.25, 0.3) is 5.56 Å². The zero-order valence-electron chi connectivity index (χ0n) is 17.1. The van der Waals surface area contributed by atoms with Crippen molar-refractivity contribution in [1.82, 2.24) is 14.0 Å². The molecule has 0 aliphatic rings. The van der Waals surface area contributed by atoms with E-state index in [1.54, 1.807) is 0 Å². The van der Waals surface area contributed by atoms with Crippen molar-refractivity contribution in [3.05, 3.63) is 62.7 Å². The monoisotopic (exact) mass is 483 g/mol. The van der Waals surface area contributed by atoms with Crippen LogP contribution in [0.1, 0.15) is 24.9 Å². The number of hydrogen-bond donors (Lipinski definition) is 1. The van der Waals surface area contributed by atoms with Gasteiger partial charge in [0.15, 0.2) is 18.2 Å². The molecule has 1 aromatic heterocycles. The zero-order chi connectivity index (χ0) is 24.1. The minimum absolute atomic E-state index is 0.00719. The second kappa shape index (κ2) is 10.3. The molecule has 0 radical (unpaired) electrons. The molecule has 0 fully saturated rings. The zero-order valence-corrected chi connectivity index (χ0v) is 17.9. The fraction of sp³-hybridized carbons (Fsp3) is 0.444. The maximum atomic E-state index is 13.8. The number of nitrogens with one attached hydrogen (secondary N) is 1. The molecule has 2 rings (SSSR count). The average molecular weight is 483 g/mol. The number of hydrogen-bond acceptors (Lipinski definition) is 6. The summed E-state index contributed by atoms with van der Waals surface area (Å²) < 4.78 is 82.5. The van der Waals surface area contributed by atoms with Crippen LogP contribution in [-0.2, 0) is 21.4 Å². The van der Waals surface area contributed by atoms with Crippen molar-refractivity contribution in [1.29, 1.82) is 0 Å². The van der Waals surface area contributed by atoms with Gasteiger partial charge in [0, 0.05) is 18.8 Å². The molecule has 0 saturated carbocycles. The van der Waals surface area contributed by atoms with Gasteiger partial charge in [-0.1, -0.05) is 10.5 Å².